The molecule has 0 fully saturated rings. The van der Waals surface area contributed by atoms with E-state index in [9.17, 15) is 19.7 Å². The monoisotopic (exact) mass is 339 g/mol. The van der Waals surface area contributed by atoms with Crippen LogP contribution in [0.1, 0.15) is 16.7 Å². The number of nitro groups is 1. The lowest BCUT2D eigenvalue weighted by Crippen LogP contribution is -2.51. The Bertz CT molecular complexity index is 832. The molecule has 128 valence electrons. The van der Waals surface area contributed by atoms with Gasteiger partial charge in [-0.25, -0.2) is 0 Å². The Balaban J connectivity index is 1.80. The lowest BCUT2D eigenvalue weighted by atomic mass is 9.93. The summed E-state index contributed by atoms with van der Waals surface area (Å²) < 4.78 is 0. The first kappa shape index (κ1) is 16.6. The number of carbonyl (C=O) groups excluding carboxylic acids is 2. The molecule has 1 heterocycles. The number of amides is 2. The van der Waals surface area contributed by atoms with Crippen molar-refractivity contribution in [1.82, 2.24) is 4.90 Å². The molecule has 1 unspecified atom stereocenters. The van der Waals surface area contributed by atoms with Gasteiger partial charge in [-0.15, -0.1) is 0 Å². The Morgan fingerprint density at radius 1 is 1.12 bits per heavy atom. The first-order chi connectivity index (χ1) is 12.0. The predicted octanol–water partition coefficient (Wildman–Crippen LogP) is 1.58. The highest BCUT2D eigenvalue weighted by Gasteiger charge is 2.33. The molecule has 1 aliphatic heterocycles. The molecule has 0 spiro atoms. The zero-order valence-electron chi connectivity index (χ0n) is 13.4. The Kier molecular flexibility index (Phi) is 4.47. The van der Waals surface area contributed by atoms with Gasteiger partial charge >= 0.3 is 0 Å². The van der Waals surface area contributed by atoms with Crippen LogP contribution in [0.2, 0.25) is 0 Å². The summed E-state index contributed by atoms with van der Waals surface area (Å²) in [5.74, 6) is -0.765. The summed E-state index contributed by atoms with van der Waals surface area (Å²) in [6.45, 7) is 0.329. The third-order valence-corrected chi connectivity index (χ3v) is 4.40. The maximum atomic E-state index is 12.7. The number of benzene rings is 2. The van der Waals surface area contributed by atoms with Crippen LogP contribution < -0.4 is 5.73 Å². The van der Waals surface area contributed by atoms with Gasteiger partial charge in [0.1, 0.15) is 6.04 Å². The van der Waals surface area contributed by atoms with Gasteiger partial charge in [0.25, 0.3) is 5.69 Å². The molecule has 0 saturated heterocycles. The second-order valence-electron chi connectivity index (χ2n) is 6.01. The van der Waals surface area contributed by atoms with Crippen LogP contribution in [0, 0.1) is 10.1 Å². The lowest BCUT2D eigenvalue weighted by Gasteiger charge is -2.35. The van der Waals surface area contributed by atoms with E-state index in [2.05, 4.69) is 0 Å². The van der Waals surface area contributed by atoms with E-state index in [4.69, 9.17) is 5.73 Å². The van der Waals surface area contributed by atoms with Crippen molar-refractivity contribution in [3.05, 3.63) is 75.3 Å². The minimum Gasteiger partial charge on any atom is -0.368 e. The maximum Gasteiger partial charge on any atom is 0.269 e. The van der Waals surface area contributed by atoms with Gasteiger partial charge in [0.15, 0.2) is 0 Å². The van der Waals surface area contributed by atoms with Gasteiger partial charge in [0.2, 0.25) is 11.8 Å². The van der Waals surface area contributed by atoms with Crippen LogP contribution in [0.3, 0.4) is 0 Å². The van der Waals surface area contributed by atoms with Crippen molar-refractivity contribution in [3.8, 4) is 0 Å². The highest BCUT2D eigenvalue weighted by Crippen LogP contribution is 2.24. The summed E-state index contributed by atoms with van der Waals surface area (Å²) in [6, 6.07) is 12.8. The van der Waals surface area contributed by atoms with Gasteiger partial charge in [-0.3, -0.25) is 19.7 Å². The number of nitrogens with two attached hydrogens (primary N) is 1. The molecule has 7 heteroatoms. The predicted molar refractivity (Wildman–Crippen MR) is 90.5 cm³/mol. The normalized spacial score (nSPS) is 16.2. The third kappa shape index (κ3) is 3.50. The second kappa shape index (κ2) is 6.72. The van der Waals surface area contributed by atoms with Gasteiger partial charge in [-0.2, -0.15) is 0 Å². The van der Waals surface area contributed by atoms with Crippen molar-refractivity contribution in [2.75, 3.05) is 0 Å². The summed E-state index contributed by atoms with van der Waals surface area (Å²) in [6.07, 6.45) is 0.460. The average molecular weight is 339 g/mol. The summed E-state index contributed by atoms with van der Waals surface area (Å²) >= 11 is 0. The lowest BCUT2D eigenvalue weighted by molar-refractivity contribution is -0.384. The fraction of sp³-hybridized carbons (Fsp3) is 0.222. The van der Waals surface area contributed by atoms with Crippen LogP contribution in [0.5, 0.6) is 0 Å². The zero-order valence-corrected chi connectivity index (χ0v) is 13.4. The molecule has 25 heavy (non-hydrogen) atoms. The second-order valence-corrected chi connectivity index (χ2v) is 6.01. The topological polar surface area (TPSA) is 107 Å². The van der Waals surface area contributed by atoms with E-state index in [1.807, 2.05) is 24.3 Å². The van der Waals surface area contributed by atoms with E-state index < -0.39 is 16.9 Å². The average Bonchev–Trinajstić information content (AvgIpc) is 2.61. The molecule has 0 saturated carbocycles. The molecular weight excluding hydrogens is 322 g/mol. The number of carbonyl (C=O) groups is 2. The molecule has 7 nitrogen and oxygen atoms in total. The molecule has 0 aliphatic carbocycles. The molecule has 3 rings (SSSR count). The van der Waals surface area contributed by atoms with Gasteiger partial charge in [0.05, 0.1) is 11.3 Å². The highest BCUT2D eigenvalue weighted by molar-refractivity contribution is 5.88. The number of nitro benzene ring substituents is 1. The molecule has 2 aromatic rings. The summed E-state index contributed by atoms with van der Waals surface area (Å²) in [7, 11) is 0. The van der Waals surface area contributed by atoms with E-state index in [1.54, 1.807) is 12.1 Å². The molecule has 1 aliphatic rings. The minimum absolute atomic E-state index is 0.0295. The molecule has 2 N–H and O–H groups in total. The van der Waals surface area contributed by atoms with Crippen molar-refractivity contribution >= 4 is 17.5 Å². The van der Waals surface area contributed by atoms with E-state index in [1.165, 1.54) is 17.0 Å². The Morgan fingerprint density at radius 3 is 2.36 bits per heavy atom. The summed E-state index contributed by atoms with van der Waals surface area (Å²) in [5, 5.41) is 10.7. The Hall–Kier alpha value is -3.22. The van der Waals surface area contributed by atoms with Crippen molar-refractivity contribution in [2.24, 2.45) is 5.73 Å². The minimum atomic E-state index is -0.680. The number of rotatable bonds is 4. The molecule has 0 radical (unpaired) electrons. The molecule has 0 aromatic heterocycles. The van der Waals surface area contributed by atoms with Crippen molar-refractivity contribution in [2.45, 2.75) is 25.4 Å². The fourth-order valence-corrected chi connectivity index (χ4v) is 3.05. The van der Waals surface area contributed by atoms with Gasteiger partial charge in [-0.05, 0) is 16.7 Å². The van der Waals surface area contributed by atoms with E-state index in [-0.39, 0.29) is 18.0 Å². The summed E-state index contributed by atoms with van der Waals surface area (Å²) in [4.78, 5) is 36.2. The van der Waals surface area contributed by atoms with E-state index >= 15 is 0 Å². The van der Waals surface area contributed by atoms with Crippen LogP contribution in [-0.2, 0) is 29.0 Å². The number of hydrogen-bond donors (Lipinski definition) is 1. The molecule has 2 amide bonds. The first-order valence-corrected chi connectivity index (χ1v) is 7.84. The largest absolute Gasteiger partial charge is 0.368 e. The summed E-state index contributed by atoms with van der Waals surface area (Å²) in [5.41, 5.74) is 8.13. The Labute approximate surface area is 144 Å². The standard InChI is InChI=1S/C18H17N3O4/c19-18(23)16-10-13-3-1-2-4-14(13)11-20(16)17(22)9-12-5-7-15(8-6-12)21(24)25/h1-8,16H,9-11H2,(H2,19,23). The number of fused-ring (bicyclic) bond motifs is 1. The zero-order chi connectivity index (χ0) is 18.0. The third-order valence-electron chi connectivity index (χ3n) is 4.40. The van der Waals surface area contributed by atoms with E-state index in [0.29, 0.717) is 18.5 Å². The number of non-ortho nitro benzene ring substituents is 1. The number of nitrogens with zero attached hydrogens (tertiary/aromatic N) is 2. The van der Waals surface area contributed by atoms with Crippen molar-refractivity contribution < 1.29 is 14.5 Å². The van der Waals surface area contributed by atoms with Crippen LogP contribution in [0.15, 0.2) is 48.5 Å². The SMILES string of the molecule is NC(=O)C1Cc2ccccc2CN1C(=O)Cc1ccc([N+](=O)[O-])cc1. The molecule has 0 bridgehead atoms. The quantitative estimate of drug-likeness (QED) is 0.674. The molecular formula is C18H17N3O4. The molecule has 2 aromatic carbocycles. The van der Waals surface area contributed by atoms with Crippen LogP contribution in [-0.4, -0.2) is 27.7 Å². The van der Waals surface area contributed by atoms with Gasteiger partial charge < -0.3 is 10.6 Å². The van der Waals surface area contributed by atoms with Crippen LogP contribution in [0.4, 0.5) is 5.69 Å². The smallest absolute Gasteiger partial charge is 0.269 e. The highest BCUT2D eigenvalue weighted by atomic mass is 16.6. The fourth-order valence-electron chi connectivity index (χ4n) is 3.05. The molecule has 1 atom stereocenters. The number of hydrogen-bond acceptors (Lipinski definition) is 4. The maximum absolute atomic E-state index is 12.7. The first-order valence-electron chi connectivity index (χ1n) is 7.84. The van der Waals surface area contributed by atoms with Crippen LogP contribution in [0.25, 0.3) is 0 Å². The van der Waals surface area contributed by atoms with Gasteiger partial charge in [-0.1, -0.05) is 36.4 Å². The van der Waals surface area contributed by atoms with Crippen LogP contribution >= 0.6 is 0 Å². The van der Waals surface area contributed by atoms with Crippen molar-refractivity contribution in [1.29, 1.82) is 0 Å². The Morgan fingerprint density at radius 2 is 1.76 bits per heavy atom. The van der Waals surface area contributed by atoms with Crippen molar-refractivity contribution in [3.63, 3.8) is 0 Å². The number of primary amides is 1. The van der Waals surface area contributed by atoms with Gasteiger partial charge in [0, 0.05) is 25.1 Å². The van der Waals surface area contributed by atoms with E-state index in [0.717, 1.165) is 11.1 Å².